The number of halogens is 1. The average Bonchev–Trinajstić information content (AvgIpc) is 3.02. The minimum Gasteiger partial charge on any atom is -0.484 e. The van der Waals surface area contributed by atoms with Crippen molar-refractivity contribution in [2.75, 3.05) is 0 Å². The van der Waals surface area contributed by atoms with Crippen LogP contribution in [0.4, 0.5) is 0 Å². The van der Waals surface area contributed by atoms with Gasteiger partial charge in [0.05, 0.1) is 6.61 Å². The van der Waals surface area contributed by atoms with E-state index in [-0.39, 0.29) is 13.2 Å². The van der Waals surface area contributed by atoms with Crippen molar-refractivity contribution in [3.8, 4) is 17.2 Å². The summed E-state index contributed by atoms with van der Waals surface area (Å²) >= 11 is 5.94. The molecule has 0 unspecified atom stereocenters. The van der Waals surface area contributed by atoms with Gasteiger partial charge < -0.3 is 14.3 Å². The largest absolute Gasteiger partial charge is 0.484 e. The fraction of sp³-hybridized carbons (Fsp3) is 0.125. The quantitative estimate of drug-likeness (QED) is 0.780. The first-order valence-electron chi connectivity index (χ1n) is 6.65. The Bertz CT molecular complexity index is 773. The number of benzene rings is 2. The SMILES string of the molecule is OCc1cccc(OCc2nnc(-c3cccc(Cl)c3)o2)c1. The summed E-state index contributed by atoms with van der Waals surface area (Å²) in [6, 6.07) is 14.4. The first-order chi connectivity index (χ1) is 10.7. The summed E-state index contributed by atoms with van der Waals surface area (Å²) in [4.78, 5) is 0. The lowest BCUT2D eigenvalue weighted by molar-refractivity contribution is 0.260. The molecule has 0 bridgehead atoms. The van der Waals surface area contributed by atoms with E-state index < -0.39 is 0 Å². The van der Waals surface area contributed by atoms with Crippen molar-refractivity contribution in [2.45, 2.75) is 13.2 Å². The Hall–Kier alpha value is -2.37. The molecule has 0 spiro atoms. The molecule has 0 radical (unpaired) electrons. The van der Waals surface area contributed by atoms with Crippen molar-refractivity contribution >= 4 is 11.6 Å². The number of hydrogen-bond donors (Lipinski definition) is 1. The van der Waals surface area contributed by atoms with Crippen LogP contribution >= 0.6 is 11.6 Å². The number of ether oxygens (including phenoxy) is 1. The van der Waals surface area contributed by atoms with E-state index in [0.717, 1.165) is 11.1 Å². The Labute approximate surface area is 132 Å². The molecule has 0 aliphatic heterocycles. The van der Waals surface area contributed by atoms with Gasteiger partial charge in [-0.05, 0) is 35.9 Å². The second kappa shape index (κ2) is 6.60. The Morgan fingerprint density at radius 3 is 2.77 bits per heavy atom. The summed E-state index contributed by atoms with van der Waals surface area (Å²) in [5.41, 5.74) is 1.54. The molecule has 1 N–H and O–H groups in total. The minimum atomic E-state index is -0.0311. The summed E-state index contributed by atoms with van der Waals surface area (Å²) in [6.45, 7) is 0.124. The van der Waals surface area contributed by atoms with Gasteiger partial charge in [-0.2, -0.15) is 0 Å². The topological polar surface area (TPSA) is 68.4 Å². The smallest absolute Gasteiger partial charge is 0.254 e. The predicted octanol–water partition coefficient (Wildman–Crippen LogP) is 3.46. The van der Waals surface area contributed by atoms with Gasteiger partial charge in [0.25, 0.3) is 5.89 Å². The van der Waals surface area contributed by atoms with E-state index in [1.165, 1.54) is 0 Å². The predicted molar refractivity (Wildman–Crippen MR) is 81.4 cm³/mol. The standard InChI is InChI=1S/C16H13ClN2O3/c17-13-5-2-4-12(8-13)16-19-18-15(22-16)10-21-14-6-1-3-11(7-14)9-20/h1-8,20H,9-10H2. The van der Waals surface area contributed by atoms with Crippen LogP contribution in [0.2, 0.25) is 5.02 Å². The molecule has 3 aromatic rings. The van der Waals surface area contributed by atoms with Gasteiger partial charge in [-0.3, -0.25) is 0 Å². The van der Waals surface area contributed by atoms with Gasteiger partial charge in [0.15, 0.2) is 6.61 Å². The van der Waals surface area contributed by atoms with Crippen molar-refractivity contribution in [1.82, 2.24) is 10.2 Å². The van der Waals surface area contributed by atoms with Crippen molar-refractivity contribution < 1.29 is 14.3 Å². The maximum absolute atomic E-state index is 9.09. The van der Waals surface area contributed by atoms with Gasteiger partial charge in [0.1, 0.15) is 5.75 Å². The molecule has 0 fully saturated rings. The zero-order chi connectivity index (χ0) is 15.4. The van der Waals surface area contributed by atoms with E-state index >= 15 is 0 Å². The van der Waals surface area contributed by atoms with E-state index in [1.807, 2.05) is 24.3 Å². The number of aromatic nitrogens is 2. The molecule has 0 amide bonds. The molecule has 0 saturated heterocycles. The normalized spacial score (nSPS) is 10.6. The zero-order valence-corrected chi connectivity index (χ0v) is 12.3. The summed E-state index contributed by atoms with van der Waals surface area (Å²) < 4.78 is 11.1. The lowest BCUT2D eigenvalue weighted by Crippen LogP contribution is -1.96. The average molecular weight is 317 g/mol. The van der Waals surface area contributed by atoms with Crippen molar-refractivity contribution in [3.05, 3.63) is 65.0 Å². The third-order valence-corrected chi connectivity index (χ3v) is 3.22. The van der Waals surface area contributed by atoms with Crippen LogP contribution in [0.25, 0.3) is 11.5 Å². The highest BCUT2D eigenvalue weighted by molar-refractivity contribution is 6.30. The van der Waals surface area contributed by atoms with Gasteiger partial charge in [0.2, 0.25) is 5.89 Å². The Balaban J connectivity index is 1.69. The Morgan fingerprint density at radius 1 is 1.09 bits per heavy atom. The van der Waals surface area contributed by atoms with Crippen LogP contribution in [0.1, 0.15) is 11.5 Å². The van der Waals surface area contributed by atoms with Gasteiger partial charge >= 0.3 is 0 Å². The second-order valence-corrected chi connectivity index (χ2v) is 5.04. The Kier molecular flexibility index (Phi) is 4.37. The zero-order valence-electron chi connectivity index (χ0n) is 11.6. The maximum Gasteiger partial charge on any atom is 0.254 e. The van der Waals surface area contributed by atoms with Gasteiger partial charge in [-0.15, -0.1) is 10.2 Å². The highest BCUT2D eigenvalue weighted by Crippen LogP contribution is 2.22. The molecule has 2 aromatic carbocycles. The van der Waals surface area contributed by atoms with Gasteiger partial charge in [0, 0.05) is 10.6 Å². The molecule has 0 atom stereocenters. The van der Waals surface area contributed by atoms with Crippen LogP contribution in [0.5, 0.6) is 5.75 Å². The lowest BCUT2D eigenvalue weighted by atomic mass is 10.2. The molecule has 3 rings (SSSR count). The van der Waals surface area contributed by atoms with Crippen LogP contribution in [0.15, 0.2) is 52.9 Å². The van der Waals surface area contributed by atoms with Crippen molar-refractivity contribution in [3.63, 3.8) is 0 Å². The summed E-state index contributed by atoms with van der Waals surface area (Å²) in [5.74, 6) is 1.39. The maximum atomic E-state index is 9.09. The highest BCUT2D eigenvalue weighted by atomic mass is 35.5. The number of nitrogens with zero attached hydrogens (tertiary/aromatic N) is 2. The summed E-state index contributed by atoms with van der Waals surface area (Å²) in [5, 5.41) is 17.6. The molecule has 0 saturated carbocycles. The molecule has 0 aliphatic carbocycles. The molecular formula is C16H13ClN2O3. The molecule has 1 aromatic heterocycles. The molecular weight excluding hydrogens is 304 g/mol. The molecule has 112 valence electrons. The third kappa shape index (κ3) is 3.44. The fourth-order valence-corrected chi connectivity index (χ4v) is 2.12. The van der Waals surface area contributed by atoms with Crippen LogP contribution in [0, 0.1) is 0 Å². The van der Waals surface area contributed by atoms with Gasteiger partial charge in [-0.25, -0.2) is 0 Å². The fourth-order valence-electron chi connectivity index (χ4n) is 1.93. The van der Waals surface area contributed by atoms with Crippen LogP contribution in [-0.2, 0) is 13.2 Å². The summed E-state index contributed by atoms with van der Waals surface area (Å²) in [6.07, 6.45) is 0. The lowest BCUT2D eigenvalue weighted by Gasteiger charge is -2.04. The number of rotatable bonds is 5. The van der Waals surface area contributed by atoms with E-state index in [1.54, 1.807) is 24.3 Å². The van der Waals surface area contributed by atoms with Crippen LogP contribution in [-0.4, -0.2) is 15.3 Å². The Morgan fingerprint density at radius 2 is 1.95 bits per heavy atom. The van der Waals surface area contributed by atoms with Crippen LogP contribution < -0.4 is 4.74 Å². The summed E-state index contributed by atoms with van der Waals surface area (Å²) in [7, 11) is 0. The number of aliphatic hydroxyl groups is 1. The molecule has 22 heavy (non-hydrogen) atoms. The minimum absolute atomic E-state index is 0.0311. The van der Waals surface area contributed by atoms with E-state index in [9.17, 15) is 0 Å². The van der Waals surface area contributed by atoms with E-state index in [0.29, 0.717) is 22.6 Å². The van der Waals surface area contributed by atoms with Crippen molar-refractivity contribution in [1.29, 1.82) is 0 Å². The third-order valence-electron chi connectivity index (χ3n) is 2.98. The molecule has 0 aliphatic rings. The van der Waals surface area contributed by atoms with E-state index in [2.05, 4.69) is 10.2 Å². The second-order valence-electron chi connectivity index (χ2n) is 4.61. The monoisotopic (exact) mass is 316 g/mol. The van der Waals surface area contributed by atoms with Crippen molar-refractivity contribution in [2.24, 2.45) is 0 Å². The molecule has 1 heterocycles. The number of hydrogen-bond acceptors (Lipinski definition) is 5. The first-order valence-corrected chi connectivity index (χ1v) is 7.03. The highest BCUT2D eigenvalue weighted by Gasteiger charge is 2.09. The molecule has 5 nitrogen and oxygen atoms in total. The molecule has 6 heteroatoms. The van der Waals surface area contributed by atoms with E-state index in [4.69, 9.17) is 25.9 Å². The number of aliphatic hydroxyl groups excluding tert-OH is 1. The van der Waals surface area contributed by atoms with Crippen LogP contribution in [0.3, 0.4) is 0 Å². The van der Waals surface area contributed by atoms with Gasteiger partial charge in [-0.1, -0.05) is 29.8 Å². The first kappa shape index (κ1) is 14.6.